The maximum absolute atomic E-state index is 12.0. The van der Waals surface area contributed by atoms with Crippen LogP contribution in [0.1, 0.15) is 12.0 Å². The molecular formula is C13H18N2O4. The summed E-state index contributed by atoms with van der Waals surface area (Å²) >= 11 is 0. The highest BCUT2D eigenvalue weighted by Gasteiger charge is 2.23. The normalized spacial score (nSPS) is 11.8. The fourth-order valence-corrected chi connectivity index (χ4v) is 1.71. The van der Waals surface area contributed by atoms with Crippen LogP contribution < -0.4 is 15.4 Å². The minimum atomic E-state index is -1.11. The van der Waals surface area contributed by atoms with Crippen LogP contribution in [-0.2, 0) is 9.59 Å². The Morgan fingerprint density at radius 1 is 1.47 bits per heavy atom. The number of nitrogens with two attached hydrogens (primary N) is 1. The van der Waals surface area contributed by atoms with E-state index in [4.69, 9.17) is 15.6 Å². The molecule has 6 heteroatoms. The summed E-state index contributed by atoms with van der Waals surface area (Å²) in [5, 5.41) is 8.65. The van der Waals surface area contributed by atoms with E-state index in [-0.39, 0.29) is 0 Å². The zero-order valence-corrected chi connectivity index (χ0v) is 11.2. The van der Waals surface area contributed by atoms with Gasteiger partial charge in [0.05, 0.1) is 25.3 Å². The van der Waals surface area contributed by atoms with Gasteiger partial charge in [0.1, 0.15) is 5.75 Å². The molecule has 19 heavy (non-hydrogen) atoms. The number of carbonyl (C=O) groups excluding carboxylic acids is 1. The third-order valence-corrected chi connectivity index (χ3v) is 2.74. The number of aryl methyl sites for hydroxylation is 1. The lowest BCUT2D eigenvalue weighted by Gasteiger charge is -2.23. The van der Waals surface area contributed by atoms with Crippen molar-refractivity contribution in [2.45, 2.75) is 19.4 Å². The first-order valence-corrected chi connectivity index (χ1v) is 5.76. The molecule has 0 aliphatic heterocycles. The molecule has 1 aromatic carbocycles. The number of aliphatic carboxylic acids is 1. The summed E-state index contributed by atoms with van der Waals surface area (Å²) in [6, 6.07) is 4.31. The maximum Gasteiger partial charge on any atom is 0.305 e. The highest BCUT2D eigenvalue weighted by Crippen LogP contribution is 2.28. The summed E-state index contributed by atoms with van der Waals surface area (Å²) in [5.74, 6) is -1.04. The summed E-state index contributed by atoms with van der Waals surface area (Å²) in [6.45, 7) is 1.89. The molecule has 6 nitrogen and oxygen atoms in total. The number of methoxy groups -OCH3 is 1. The topological polar surface area (TPSA) is 92.9 Å². The smallest absolute Gasteiger partial charge is 0.305 e. The van der Waals surface area contributed by atoms with Crippen molar-refractivity contribution in [2.24, 2.45) is 5.73 Å². The Kier molecular flexibility index (Phi) is 4.88. The number of likely N-dealkylation sites (N-methyl/N-ethyl adjacent to an activating group) is 1. The molecule has 1 aromatic rings. The van der Waals surface area contributed by atoms with E-state index in [0.717, 1.165) is 5.56 Å². The Balaban J connectivity index is 2.99. The number of amides is 1. The van der Waals surface area contributed by atoms with E-state index in [2.05, 4.69) is 0 Å². The standard InChI is InChI=1S/C13H18N2O4/c1-8-4-5-11(19-3)10(6-8)15(2)13(18)9(14)7-12(16)17/h4-6,9H,7,14H2,1-3H3,(H,16,17). The molecule has 0 saturated carbocycles. The maximum atomic E-state index is 12.0. The van der Waals surface area contributed by atoms with Crippen LogP contribution in [0, 0.1) is 6.92 Å². The molecule has 3 N–H and O–H groups in total. The van der Waals surface area contributed by atoms with Gasteiger partial charge in [0.2, 0.25) is 5.91 Å². The van der Waals surface area contributed by atoms with Gasteiger partial charge in [-0.2, -0.15) is 0 Å². The molecule has 1 unspecified atom stereocenters. The Morgan fingerprint density at radius 3 is 2.63 bits per heavy atom. The largest absolute Gasteiger partial charge is 0.495 e. The molecule has 0 bridgehead atoms. The van der Waals surface area contributed by atoms with Crippen LogP contribution in [0.3, 0.4) is 0 Å². The number of nitrogens with zero attached hydrogens (tertiary/aromatic N) is 1. The van der Waals surface area contributed by atoms with E-state index < -0.39 is 24.3 Å². The number of hydrogen-bond donors (Lipinski definition) is 2. The van der Waals surface area contributed by atoms with Crippen molar-refractivity contribution in [3.8, 4) is 5.75 Å². The number of ether oxygens (including phenoxy) is 1. The molecule has 0 aliphatic rings. The second-order valence-electron chi connectivity index (χ2n) is 4.28. The van der Waals surface area contributed by atoms with Gasteiger partial charge in [-0.15, -0.1) is 0 Å². The quantitative estimate of drug-likeness (QED) is 0.821. The number of benzene rings is 1. The van der Waals surface area contributed by atoms with Crippen LogP contribution in [-0.4, -0.2) is 37.2 Å². The van der Waals surface area contributed by atoms with Crippen LogP contribution >= 0.6 is 0 Å². The minimum absolute atomic E-state index is 0.405. The molecule has 0 aromatic heterocycles. The van der Waals surface area contributed by atoms with Gasteiger partial charge in [-0.05, 0) is 24.6 Å². The number of hydrogen-bond acceptors (Lipinski definition) is 4. The summed E-state index contributed by atoms with van der Waals surface area (Å²) < 4.78 is 5.18. The lowest BCUT2D eigenvalue weighted by molar-refractivity contribution is -0.139. The van der Waals surface area contributed by atoms with Crippen LogP contribution in [0.25, 0.3) is 0 Å². The summed E-state index contributed by atoms with van der Waals surface area (Å²) in [4.78, 5) is 23.9. The van der Waals surface area contributed by atoms with Gasteiger partial charge >= 0.3 is 5.97 Å². The second-order valence-corrected chi connectivity index (χ2v) is 4.28. The average molecular weight is 266 g/mol. The first-order chi connectivity index (χ1) is 8.86. The molecule has 104 valence electrons. The molecule has 1 atom stereocenters. The number of anilines is 1. The highest BCUT2D eigenvalue weighted by atomic mass is 16.5. The summed E-state index contributed by atoms with van der Waals surface area (Å²) in [5.41, 5.74) is 7.10. The molecule has 0 heterocycles. The van der Waals surface area contributed by atoms with Crippen molar-refractivity contribution in [1.29, 1.82) is 0 Å². The number of carboxylic acid groups (broad SMARTS) is 1. The van der Waals surface area contributed by atoms with E-state index in [1.807, 2.05) is 13.0 Å². The molecule has 1 amide bonds. The van der Waals surface area contributed by atoms with Crippen LogP contribution in [0.15, 0.2) is 18.2 Å². The molecule has 0 aliphatic carbocycles. The van der Waals surface area contributed by atoms with Gasteiger partial charge in [0.15, 0.2) is 0 Å². The second kappa shape index (κ2) is 6.19. The van der Waals surface area contributed by atoms with Crippen molar-refractivity contribution in [1.82, 2.24) is 0 Å². The van der Waals surface area contributed by atoms with E-state index in [1.54, 1.807) is 19.2 Å². The lowest BCUT2D eigenvalue weighted by atomic mass is 10.1. The minimum Gasteiger partial charge on any atom is -0.495 e. The van der Waals surface area contributed by atoms with E-state index >= 15 is 0 Å². The average Bonchev–Trinajstić information content (AvgIpc) is 2.36. The zero-order valence-electron chi connectivity index (χ0n) is 11.2. The molecule has 0 saturated heterocycles. The SMILES string of the molecule is COc1ccc(C)cc1N(C)C(=O)C(N)CC(=O)O. The highest BCUT2D eigenvalue weighted by molar-refractivity contribution is 5.99. The third-order valence-electron chi connectivity index (χ3n) is 2.74. The number of carboxylic acids is 1. The molecular weight excluding hydrogens is 248 g/mol. The lowest BCUT2D eigenvalue weighted by Crippen LogP contribution is -2.43. The molecule has 0 radical (unpaired) electrons. The van der Waals surface area contributed by atoms with Gasteiger partial charge < -0.3 is 20.5 Å². The van der Waals surface area contributed by atoms with Gasteiger partial charge in [-0.25, -0.2) is 0 Å². The van der Waals surface area contributed by atoms with Crippen LogP contribution in [0.5, 0.6) is 5.75 Å². The van der Waals surface area contributed by atoms with Gasteiger partial charge in [0, 0.05) is 7.05 Å². The van der Waals surface area contributed by atoms with Gasteiger partial charge in [-0.3, -0.25) is 9.59 Å². The van der Waals surface area contributed by atoms with Gasteiger partial charge in [0.25, 0.3) is 0 Å². The van der Waals surface area contributed by atoms with Crippen molar-refractivity contribution in [3.05, 3.63) is 23.8 Å². The monoisotopic (exact) mass is 266 g/mol. The Labute approximate surface area is 111 Å². The Bertz CT molecular complexity index is 488. The molecule has 0 spiro atoms. The van der Waals surface area contributed by atoms with E-state index in [1.165, 1.54) is 12.0 Å². The predicted molar refractivity (Wildman–Crippen MR) is 71.4 cm³/mol. The zero-order chi connectivity index (χ0) is 14.6. The van der Waals surface area contributed by atoms with Crippen molar-refractivity contribution < 1.29 is 19.4 Å². The van der Waals surface area contributed by atoms with E-state index in [0.29, 0.717) is 11.4 Å². The third kappa shape index (κ3) is 3.69. The summed E-state index contributed by atoms with van der Waals surface area (Å²) in [7, 11) is 3.05. The Hall–Kier alpha value is -2.08. The predicted octanol–water partition coefficient (Wildman–Crippen LogP) is 0.768. The first-order valence-electron chi connectivity index (χ1n) is 5.76. The number of carbonyl (C=O) groups is 2. The molecule has 0 fully saturated rings. The van der Waals surface area contributed by atoms with E-state index in [9.17, 15) is 9.59 Å². The summed E-state index contributed by atoms with van der Waals surface area (Å²) in [6.07, 6.45) is -0.405. The number of rotatable bonds is 5. The van der Waals surface area contributed by atoms with Gasteiger partial charge in [-0.1, -0.05) is 6.07 Å². The fourth-order valence-electron chi connectivity index (χ4n) is 1.71. The molecule has 1 rings (SSSR count). The van der Waals surface area contributed by atoms with Crippen LogP contribution in [0.2, 0.25) is 0 Å². The van der Waals surface area contributed by atoms with Crippen molar-refractivity contribution in [3.63, 3.8) is 0 Å². The van der Waals surface area contributed by atoms with Crippen LogP contribution in [0.4, 0.5) is 5.69 Å². The first kappa shape index (κ1) is 15.0. The fraction of sp³-hybridized carbons (Fsp3) is 0.385. The van der Waals surface area contributed by atoms with Crippen molar-refractivity contribution >= 4 is 17.6 Å². The van der Waals surface area contributed by atoms with Crippen molar-refractivity contribution in [2.75, 3.05) is 19.1 Å². The Morgan fingerprint density at radius 2 is 2.11 bits per heavy atom.